The maximum atomic E-state index is 13.8. The molecule has 176 valence electrons. The number of hydrogen-bond acceptors (Lipinski definition) is 4. The van der Waals surface area contributed by atoms with Crippen molar-refractivity contribution >= 4 is 11.7 Å². The average molecular weight is 481 g/mol. The molecule has 0 unspecified atom stereocenters. The molecule has 1 amide bonds. The molecular formula is C22H13F6N3O3. The first-order valence-electron chi connectivity index (χ1n) is 9.55. The van der Waals surface area contributed by atoms with Crippen LogP contribution in [0.2, 0.25) is 0 Å². The van der Waals surface area contributed by atoms with Crippen LogP contribution in [-0.2, 0) is 13.2 Å². The van der Waals surface area contributed by atoms with Crippen LogP contribution in [0.15, 0.2) is 53.1 Å². The maximum Gasteiger partial charge on any atom is 0.292 e. The lowest BCUT2D eigenvalue weighted by Crippen LogP contribution is -2.13. The van der Waals surface area contributed by atoms with Crippen LogP contribution in [0.4, 0.5) is 32.2 Å². The van der Waals surface area contributed by atoms with Crippen molar-refractivity contribution in [1.29, 1.82) is 0 Å². The van der Waals surface area contributed by atoms with E-state index in [9.17, 15) is 31.1 Å². The second-order valence-corrected chi connectivity index (χ2v) is 6.91. The first-order chi connectivity index (χ1) is 16.2. The zero-order chi connectivity index (χ0) is 24.4. The largest absolute Gasteiger partial charge is 0.486 e. The van der Waals surface area contributed by atoms with Crippen LogP contribution in [0, 0.1) is 34.9 Å². The summed E-state index contributed by atoms with van der Waals surface area (Å²) in [5, 5.41) is 6.22. The number of hydrogen-bond donors (Lipinski definition) is 1. The van der Waals surface area contributed by atoms with Gasteiger partial charge in [-0.05, 0) is 36.4 Å². The van der Waals surface area contributed by atoms with Gasteiger partial charge in [0.25, 0.3) is 5.91 Å². The maximum absolute atomic E-state index is 13.8. The zero-order valence-electron chi connectivity index (χ0n) is 16.9. The molecular weight excluding hydrogens is 468 g/mol. The van der Waals surface area contributed by atoms with Crippen molar-refractivity contribution in [2.24, 2.45) is 0 Å². The van der Waals surface area contributed by atoms with E-state index in [1.807, 2.05) is 0 Å². The second-order valence-electron chi connectivity index (χ2n) is 6.91. The van der Waals surface area contributed by atoms with Gasteiger partial charge in [0.2, 0.25) is 5.82 Å². The Hall–Kier alpha value is -4.22. The van der Waals surface area contributed by atoms with Crippen molar-refractivity contribution in [3.63, 3.8) is 0 Å². The monoisotopic (exact) mass is 481 g/mol. The van der Waals surface area contributed by atoms with Gasteiger partial charge in [0.15, 0.2) is 34.8 Å². The average Bonchev–Trinajstić information content (AvgIpc) is 3.48. The molecule has 2 aromatic carbocycles. The van der Waals surface area contributed by atoms with Gasteiger partial charge in [-0.25, -0.2) is 26.3 Å². The standard InChI is InChI=1S/C22H13F6N3O3/c23-11-1-3-12(4-2-11)33-10-13-5-6-15(34-13)22(32)29-16-7-8-31(30-16)9-14-17(24)19(26)21(28)20(27)18(14)25/h1-8H,9-10H2,(H,29,30,32). The van der Waals surface area contributed by atoms with E-state index in [1.54, 1.807) is 0 Å². The zero-order valence-corrected chi connectivity index (χ0v) is 16.9. The van der Waals surface area contributed by atoms with Crippen molar-refractivity contribution in [1.82, 2.24) is 9.78 Å². The van der Waals surface area contributed by atoms with Gasteiger partial charge < -0.3 is 14.5 Å². The van der Waals surface area contributed by atoms with Crippen molar-refractivity contribution in [3.8, 4) is 5.75 Å². The minimum Gasteiger partial charge on any atom is -0.486 e. The molecule has 34 heavy (non-hydrogen) atoms. The Morgan fingerprint density at radius 3 is 2.21 bits per heavy atom. The molecule has 0 aliphatic heterocycles. The number of amides is 1. The first-order valence-corrected chi connectivity index (χ1v) is 9.55. The summed E-state index contributed by atoms with van der Waals surface area (Å²) in [5.41, 5.74) is -1.07. The molecule has 0 saturated heterocycles. The van der Waals surface area contributed by atoms with E-state index in [0.29, 0.717) is 11.5 Å². The third kappa shape index (κ3) is 4.75. The summed E-state index contributed by atoms with van der Waals surface area (Å²) < 4.78 is 92.2. The smallest absolute Gasteiger partial charge is 0.292 e. The highest BCUT2D eigenvalue weighted by Crippen LogP contribution is 2.24. The van der Waals surface area contributed by atoms with Gasteiger partial charge in [-0.1, -0.05) is 0 Å². The Balaban J connectivity index is 1.39. The van der Waals surface area contributed by atoms with Gasteiger partial charge >= 0.3 is 0 Å². The Kier molecular flexibility index (Phi) is 6.30. The summed E-state index contributed by atoms with van der Waals surface area (Å²) in [6.07, 6.45) is 1.18. The summed E-state index contributed by atoms with van der Waals surface area (Å²) in [6, 6.07) is 9.40. The fraction of sp³-hybridized carbons (Fsp3) is 0.0909. The summed E-state index contributed by atoms with van der Waals surface area (Å²) >= 11 is 0. The van der Waals surface area contributed by atoms with E-state index < -0.39 is 52.9 Å². The highest BCUT2D eigenvalue weighted by Gasteiger charge is 2.26. The third-order valence-corrected chi connectivity index (χ3v) is 4.58. The summed E-state index contributed by atoms with van der Waals surface area (Å²) in [7, 11) is 0. The van der Waals surface area contributed by atoms with Gasteiger partial charge in [0.1, 0.15) is 23.9 Å². The lowest BCUT2D eigenvalue weighted by Gasteiger charge is -2.08. The normalized spacial score (nSPS) is 11.0. The minimum atomic E-state index is -2.26. The number of anilines is 1. The SMILES string of the molecule is O=C(Nc1ccn(Cc2c(F)c(F)c(F)c(F)c2F)n1)c1ccc(COc2ccc(F)cc2)o1. The Morgan fingerprint density at radius 1 is 0.882 bits per heavy atom. The van der Waals surface area contributed by atoms with E-state index in [4.69, 9.17) is 9.15 Å². The predicted octanol–water partition coefficient (Wildman–Crippen LogP) is 5.19. The number of rotatable bonds is 7. The Labute approximate surface area is 187 Å². The van der Waals surface area contributed by atoms with E-state index in [1.165, 1.54) is 48.7 Å². The predicted molar refractivity (Wildman–Crippen MR) is 105 cm³/mol. The van der Waals surface area contributed by atoms with Crippen molar-refractivity contribution < 1.29 is 40.3 Å². The van der Waals surface area contributed by atoms with Crippen molar-refractivity contribution in [2.75, 3.05) is 5.32 Å². The quantitative estimate of drug-likeness (QED) is 0.224. The molecule has 2 heterocycles. The summed E-state index contributed by atoms with van der Waals surface area (Å²) in [6.45, 7) is -0.803. The number of nitrogens with zero attached hydrogens (tertiary/aromatic N) is 2. The van der Waals surface area contributed by atoms with Crippen LogP contribution in [0.25, 0.3) is 0 Å². The van der Waals surface area contributed by atoms with Crippen LogP contribution in [-0.4, -0.2) is 15.7 Å². The van der Waals surface area contributed by atoms with Crippen LogP contribution in [0.5, 0.6) is 5.75 Å². The number of carbonyl (C=O) groups excluding carboxylic acids is 1. The number of carbonyl (C=O) groups is 1. The molecule has 0 bridgehead atoms. The van der Waals surface area contributed by atoms with E-state index in [2.05, 4.69) is 10.4 Å². The van der Waals surface area contributed by atoms with E-state index in [-0.39, 0.29) is 18.2 Å². The molecule has 0 spiro atoms. The van der Waals surface area contributed by atoms with Crippen molar-refractivity contribution in [2.45, 2.75) is 13.2 Å². The lowest BCUT2D eigenvalue weighted by molar-refractivity contribution is 0.0992. The Bertz CT molecular complexity index is 1320. The molecule has 0 aliphatic rings. The molecule has 1 N–H and O–H groups in total. The van der Waals surface area contributed by atoms with Gasteiger partial charge in [0.05, 0.1) is 12.1 Å². The molecule has 4 aromatic rings. The number of halogens is 6. The molecule has 0 fully saturated rings. The second kappa shape index (κ2) is 9.33. The molecule has 0 aliphatic carbocycles. The molecule has 4 rings (SSSR count). The molecule has 0 saturated carbocycles. The van der Waals surface area contributed by atoms with Gasteiger partial charge in [0, 0.05) is 12.3 Å². The molecule has 6 nitrogen and oxygen atoms in total. The van der Waals surface area contributed by atoms with Crippen molar-refractivity contribution in [3.05, 3.63) is 101 Å². The van der Waals surface area contributed by atoms with Crippen LogP contribution < -0.4 is 10.1 Å². The van der Waals surface area contributed by atoms with E-state index in [0.717, 1.165) is 4.68 Å². The summed E-state index contributed by atoms with van der Waals surface area (Å²) in [5.74, 6) is -10.9. The molecule has 0 radical (unpaired) electrons. The van der Waals surface area contributed by atoms with Gasteiger partial charge in [-0.3, -0.25) is 9.48 Å². The number of benzene rings is 2. The number of aromatic nitrogens is 2. The molecule has 12 heteroatoms. The van der Waals surface area contributed by atoms with Crippen LogP contribution in [0.3, 0.4) is 0 Å². The Morgan fingerprint density at radius 2 is 1.53 bits per heavy atom. The lowest BCUT2D eigenvalue weighted by atomic mass is 10.1. The summed E-state index contributed by atoms with van der Waals surface area (Å²) in [4.78, 5) is 12.3. The number of ether oxygens (including phenoxy) is 1. The first kappa shape index (κ1) is 23.0. The number of furan rings is 1. The van der Waals surface area contributed by atoms with Gasteiger partial charge in [-0.15, -0.1) is 0 Å². The highest BCUT2D eigenvalue weighted by molar-refractivity contribution is 6.01. The highest BCUT2D eigenvalue weighted by atomic mass is 19.2. The van der Waals surface area contributed by atoms with Crippen LogP contribution >= 0.6 is 0 Å². The fourth-order valence-electron chi connectivity index (χ4n) is 2.91. The van der Waals surface area contributed by atoms with Crippen LogP contribution in [0.1, 0.15) is 21.9 Å². The molecule has 0 atom stereocenters. The number of nitrogens with one attached hydrogen (secondary N) is 1. The fourth-order valence-corrected chi connectivity index (χ4v) is 2.91. The topological polar surface area (TPSA) is 69.3 Å². The van der Waals surface area contributed by atoms with E-state index >= 15 is 0 Å². The molecule has 2 aromatic heterocycles. The van der Waals surface area contributed by atoms with Gasteiger partial charge in [-0.2, -0.15) is 5.10 Å². The minimum absolute atomic E-state index is 0.0323. The third-order valence-electron chi connectivity index (χ3n) is 4.58.